The molecule has 1 unspecified atom stereocenters. The first-order valence-corrected chi connectivity index (χ1v) is 12.5. The average Bonchev–Trinajstić information content (AvgIpc) is 3.39. The van der Waals surface area contributed by atoms with Crippen LogP contribution >= 0.6 is 0 Å². The van der Waals surface area contributed by atoms with Gasteiger partial charge in [-0.3, -0.25) is 14.6 Å². The van der Waals surface area contributed by atoms with Crippen molar-refractivity contribution in [1.29, 1.82) is 5.26 Å². The fourth-order valence-corrected chi connectivity index (χ4v) is 5.67. The zero-order valence-electron chi connectivity index (χ0n) is 19.8. The number of hydrogen-bond acceptors (Lipinski definition) is 5. The summed E-state index contributed by atoms with van der Waals surface area (Å²) in [7, 11) is 0. The van der Waals surface area contributed by atoms with E-state index in [-0.39, 0.29) is 17.5 Å². The molecule has 0 spiro atoms. The molecule has 1 aliphatic carbocycles. The van der Waals surface area contributed by atoms with E-state index in [1.54, 1.807) is 18.4 Å². The molecule has 4 rings (SSSR count). The first-order valence-electron chi connectivity index (χ1n) is 12.5. The summed E-state index contributed by atoms with van der Waals surface area (Å²) in [6, 6.07) is 9.82. The second-order valence-corrected chi connectivity index (χ2v) is 9.83. The highest BCUT2D eigenvalue weighted by Crippen LogP contribution is 2.43. The van der Waals surface area contributed by atoms with Gasteiger partial charge >= 0.3 is 0 Å². The van der Waals surface area contributed by atoms with Crippen LogP contribution in [0.2, 0.25) is 0 Å². The summed E-state index contributed by atoms with van der Waals surface area (Å²) in [5.74, 6) is 0.890. The number of piperidine rings is 1. The quantitative estimate of drug-likeness (QED) is 0.489. The van der Waals surface area contributed by atoms with Gasteiger partial charge in [0, 0.05) is 25.7 Å². The fourth-order valence-electron chi connectivity index (χ4n) is 5.67. The summed E-state index contributed by atoms with van der Waals surface area (Å²) in [4.78, 5) is 22.5. The van der Waals surface area contributed by atoms with E-state index in [1.807, 2.05) is 30.2 Å². The number of furan rings is 1. The fraction of sp³-hybridized carbons (Fsp3) is 0.593. The lowest BCUT2D eigenvalue weighted by atomic mass is 9.69. The number of carbonyl (C=O) groups excluding carboxylic acids is 1. The maximum absolute atomic E-state index is 13.6. The van der Waals surface area contributed by atoms with Crippen molar-refractivity contribution < 1.29 is 9.21 Å². The van der Waals surface area contributed by atoms with E-state index in [0.29, 0.717) is 18.0 Å². The molecule has 0 radical (unpaired) electrons. The van der Waals surface area contributed by atoms with Gasteiger partial charge in [0.25, 0.3) is 5.91 Å². The smallest absolute Gasteiger partial charge is 0.296 e. The summed E-state index contributed by atoms with van der Waals surface area (Å²) < 4.78 is 5.49. The van der Waals surface area contributed by atoms with Gasteiger partial charge in [0.15, 0.2) is 5.76 Å². The first-order chi connectivity index (χ1) is 16.1. The topological polar surface area (TPSA) is 73.4 Å². The standard InChI is InChI=1S/C27H36N4O2/c1-22-11-12-24(29-21-22)31(26(32)23-9-7-20-33-23)25-10-3-6-18-30(25)19-16-27(15-8-17-28)13-4-2-5-14-27/h7,9,11-12,20-21,25H,2-6,8,10,13-16,18-19H2,1H3. The number of amides is 1. The molecule has 0 bridgehead atoms. The molecule has 2 aromatic rings. The van der Waals surface area contributed by atoms with E-state index < -0.39 is 0 Å². The van der Waals surface area contributed by atoms with E-state index in [0.717, 1.165) is 50.8 Å². The van der Waals surface area contributed by atoms with Crippen LogP contribution in [0.15, 0.2) is 41.1 Å². The van der Waals surface area contributed by atoms with E-state index in [2.05, 4.69) is 16.0 Å². The van der Waals surface area contributed by atoms with Crippen molar-refractivity contribution in [2.24, 2.45) is 5.41 Å². The number of aromatic nitrogens is 1. The van der Waals surface area contributed by atoms with Crippen LogP contribution in [0.1, 0.15) is 86.7 Å². The van der Waals surface area contributed by atoms with Crippen LogP contribution in [0.4, 0.5) is 5.82 Å². The third kappa shape index (κ3) is 5.65. The summed E-state index contributed by atoms with van der Waals surface area (Å²) in [6.45, 7) is 3.93. The Hall–Kier alpha value is -2.65. The molecule has 1 aliphatic heterocycles. The predicted molar refractivity (Wildman–Crippen MR) is 129 cm³/mol. The molecular formula is C27H36N4O2. The zero-order valence-corrected chi connectivity index (χ0v) is 19.8. The Labute approximate surface area is 197 Å². The van der Waals surface area contributed by atoms with Gasteiger partial charge in [-0.2, -0.15) is 5.26 Å². The minimum absolute atomic E-state index is 0.0387. The molecule has 2 aliphatic rings. The Morgan fingerprint density at radius 1 is 1.21 bits per heavy atom. The lowest BCUT2D eigenvalue weighted by molar-refractivity contribution is 0.0746. The Morgan fingerprint density at radius 3 is 2.76 bits per heavy atom. The first kappa shape index (κ1) is 23.5. The normalized spacial score (nSPS) is 20.8. The monoisotopic (exact) mass is 448 g/mol. The molecule has 6 heteroatoms. The molecule has 33 heavy (non-hydrogen) atoms. The van der Waals surface area contributed by atoms with Gasteiger partial charge in [0.1, 0.15) is 5.82 Å². The minimum Gasteiger partial charge on any atom is -0.459 e. The van der Waals surface area contributed by atoms with Crippen LogP contribution in [0.3, 0.4) is 0 Å². The van der Waals surface area contributed by atoms with Crippen molar-refractivity contribution in [3.05, 3.63) is 48.0 Å². The zero-order chi connectivity index (χ0) is 23.1. The van der Waals surface area contributed by atoms with Gasteiger partial charge in [-0.25, -0.2) is 4.98 Å². The van der Waals surface area contributed by atoms with Gasteiger partial charge in [0.05, 0.1) is 18.5 Å². The maximum atomic E-state index is 13.6. The van der Waals surface area contributed by atoms with E-state index in [9.17, 15) is 10.1 Å². The van der Waals surface area contributed by atoms with Crippen molar-refractivity contribution in [3.8, 4) is 6.07 Å². The van der Waals surface area contributed by atoms with Crippen LogP contribution in [0.25, 0.3) is 0 Å². The molecule has 2 fully saturated rings. The molecule has 3 heterocycles. The third-order valence-corrected chi connectivity index (χ3v) is 7.58. The predicted octanol–water partition coefficient (Wildman–Crippen LogP) is 6.09. The Bertz CT molecular complexity index is 926. The molecule has 0 aromatic carbocycles. The van der Waals surface area contributed by atoms with Gasteiger partial charge < -0.3 is 4.42 Å². The lowest BCUT2D eigenvalue weighted by Crippen LogP contribution is -2.54. The molecule has 1 saturated carbocycles. The molecule has 176 valence electrons. The van der Waals surface area contributed by atoms with Crippen molar-refractivity contribution in [2.75, 3.05) is 18.0 Å². The number of carbonyl (C=O) groups is 1. The second kappa shape index (κ2) is 11.0. The summed E-state index contributed by atoms with van der Waals surface area (Å²) in [6.07, 6.45) is 15.5. The molecule has 6 nitrogen and oxygen atoms in total. The van der Waals surface area contributed by atoms with E-state index >= 15 is 0 Å². The highest BCUT2D eigenvalue weighted by atomic mass is 16.3. The third-order valence-electron chi connectivity index (χ3n) is 7.58. The number of nitrogens with zero attached hydrogens (tertiary/aromatic N) is 4. The van der Waals surface area contributed by atoms with E-state index in [1.165, 1.54) is 32.1 Å². The van der Waals surface area contributed by atoms with Crippen LogP contribution in [-0.4, -0.2) is 35.0 Å². The highest BCUT2D eigenvalue weighted by Gasteiger charge is 2.37. The summed E-state index contributed by atoms with van der Waals surface area (Å²) in [5.41, 5.74) is 1.34. The molecule has 1 atom stereocenters. The van der Waals surface area contributed by atoms with Gasteiger partial charge in [-0.1, -0.05) is 25.3 Å². The van der Waals surface area contributed by atoms with Gasteiger partial charge in [0.2, 0.25) is 0 Å². The van der Waals surface area contributed by atoms with Crippen molar-refractivity contribution in [1.82, 2.24) is 9.88 Å². The van der Waals surface area contributed by atoms with Crippen LogP contribution < -0.4 is 4.90 Å². The number of rotatable bonds is 8. The van der Waals surface area contributed by atoms with Gasteiger partial charge in [-0.05, 0) is 81.0 Å². The molecular weight excluding hydrogens is 412 g/mol. The van der Waals surface area contributed by atoms with Crippen LogP contribution in [-0.2, 0) is 0 Å². The Balaban J connectivity index is 1.57. The SMILES string of the molecule is Cc1ccc(N(C(=O)c2ccco2)C2CCCCN2CCC2(CCC#N)CCCCC2)nc1. The van der Waals surface area contributed by atoms with Crippen LogP contribution in [0, 0.1) is 23.7 Å². The number of anilines is 1. The lowest BCUT2D eigenvalue weighted by Gasteiger charge is -2.44. The van der Waals surface area contributed by atoms with Crippen molar-refractivity contribution in [3.63, 3.8) is 0 Å². The number of hydrogen-bond donors (Lipinski definition) is 0. The van der Waals surface area contributed by atoms with Crippen LogP contribution in [0.5, 0.6) is 0 Å². The average molecular weight is 449 g/mol. The van der Waals surface area contributed by atoms with Crippen molar-refractivity contribution in [2.45, 2.75) is 83.7 Å². The molecule has 1 amide bonds. The minimum atomic E-state index is -0.134. The Morgan fingerprint density at radius 2 is 2.06 bits per heavy atom. The Kier molecular flexibility index (Phi) is 7.82. The number of pyridine rings is 1. The molecule has 0 N–H and O–H groups in total. The number of nitriles is 1. The number of likely N-dealkylation sites (tertiary alicyclic amines) is 1. The highest BCUT2D eigenvalue weighted by molar-refractivity contribution is 6.04. The summed E-state index contributed by atoms with van der Waals surface area (Å²) in [5, 5.41) is 9.22. The van der Waals surface area contributed by atoms with Crippen molar-refractivity contribution >= 4 is 11.7 Å². The summed E-state index contributed by atoms with van der Waals surface area (Å²) >= 11 is 0. The number of aryl methyl sites for hydroxylation is 1. The largest absolute Gasteiger partial charge is 0.459 e. The second-order valence-electron chi connectivity index (χ2n) is 9.83. The molecule has 1 saturated heterocycles. The van der Waals surface area contributed by atoms with E-state index in [4.69, 9.17) is 4.42 Å². The molecule has 2 aromatic heterocycles. The maximum Gasteiger partial charge on any atom is 0.296 e. The van der Waals surface area contributed by atoms with Gasteiger partial charge in [-0.15, -0.1) is 0 Å².